The van der Waals surface area contributed by atoms with Crippen molar-refractivity contribution in [2.75, 3.05) is 26.3 Å². The van der Waals surface area contributed by atoms with Crippen LogP contribution in [-0.2, 0) is 4.79 Å². The van der Waals surface area contributed by atoms with Crippen molar-refractivity contribution in [1.82, 2.24) is 4.90 Å². The van der Waals surface area contributed by atoms with Crippen LogP contribution in [0.1, 0.15) is 38.1 Å². The SMILES string of the molecule is CCOc1cc(C(C)=O)ccc1OCC(=O)N(CC)CC. The minimum absolute atomic E-state index is 0.0401. The standard InChI is InChI=1S/C16H23NO4/c1-5-17(6-2)16(19)11-21-14-9-8-13(12(4)18)10-15(14)20-7-3/h8-10H,5-7,11H2,1-4H3. The lowest BCUT2D eigenvalue weighted by molar-refractivity contribution is -0.133. The Morgan fingerprint density at radius 3 is 2.24 bits per heavy atom. The van der Waals surface area contributed by atoms with E-state index < -0.39 is 0 Å². The Hall–Kier alpha value is -2.04. The van der Waals surface area contributed by atoms with Crippen LogP contribution in [0.5, 0.6) is 11.5 Å². The van der Waals surface area contributed by atoms with Crippen LogP contribution in [-0.4, -0.2) is 42.9 Å². The van der Waals surface area contributed by atoms with Crippen LogP contribution in [0.4, 0.5) is 0 Å². The van der Waals surface area contributed by atoms with Gasteiger partial charge >= 0.3 is 0 Å². The van der Waals surface area contributed by atoms with Gasteiger partial charge in [0.15, 0.2) is 23.9 Å². The molecule has 0 saturated heterocycles. The summed E-state index contributed by atoms with van der Waals surface area (Å²) < 4.78 is 11.0. The largest absolute Gasteiger partial charge is 0.490 e. The van der Waals surface area contributed by atoms with Gasteiger partial charge in [-0.3, -0.25) is 9.59 Å². The van der Waals surface area contributed by atoms with E-state index in [0.717, 1.165) is 0 Å². The monoisotopic (exact) mass is 293 g/mol. The molecule has 1 aromatic rings. The first-order valence-corrected chi connectivity index (χ1v) is 7.21. The molecule has 0 aliphatic rings. The summed E-state index contributed by atoms with van der Waals surface area (Å²) in [6.45, 7) is 8.92. The fraction of sp³-hybridized carbons (Fsp3) is 0.500. The maximum Gasteiger partial charge on any atom is 0.260 e. The Morgan fingerprint density at radius 2 is 1.71 bits per heavy atom. The maximum absolute atomic E-state index is 11.9. The van der Waals surface area contributed by atoms with Crippen LogP contribution in [0.15, 0.2) is 18.2 Å². The highest BCUT2D eigenvalue weighted by atomic mass is 16.5. The first kappa shape index (κ1) is 17.0. The molecule has 1 aromatic carbocycles. The van der Waals surface area contributed by atoms with Gasteiger partial charge in [-0.15, -0.1) is 0 Å². The molecule has 0 aromatic heterocycles. The van der Waals surface area contributed by atoms with E-state index in [2.05, 4.69) is 0 Å². The number of ether oxygens (including phenoxy) is 2. The quantitative estimate of drug-likeness (QED) is 0.691. The average molecular weight is 293 g/mol. The summed E-state index contributed by atoms with van der Waals surface area (Å²) in [5.41, 5.74) is 0.556. The van der Waals surface area contributed by atoms with Gasteiger partial charge < -0.3 is 14.4 Å². The molecule has 21 heavy (non-hydrogen) atoms. The third-order valence-corrected chi connectivity index (χ3v) is 3.12. The van der Waals surface area contributed by atoms with E-state index in [9.17, 15) is 9.59 Å². The van der Waals surface area contributed by atoms with E-state index >= 15 is 0 Å². The van der Waals surface area contributed by atoms with Crippen LogP contribution >= 0.6 is 0 Å². The molecular formula is C16H23NO4. The number of Topliss-reactive ketones (excluding diaryl/α,β-unsaturated/α-hetero) is 1. The molecule has 0 N–H and O–H groups in total. The van der Waals surface area contributed by atoms with E-state index in [1.54, 1.807) is 23.1 Å². The molecule has 116 valence electrons. The molecule has 0 aliphatic heterocycles. The Morgan fingerprint density at radius 1 is 1.05 bits per heavy atom. The molecule has 0 spiro atoms. The summed E-state index contributed by atoms with van der Waals surface area (Å²) in [5, 5.41) is 0. The Kier molecular flexibility index (Phi) is 6.72. The normalized spacial score (nSPS) is 10.1. The topological polar surface area (TPSA) is 55.8 Å². The second-order valence-corrected chi connectivity index (χ2v) is 4.51. The van der Waals surface area contributed by atoms with Crippen LogP contribution in [0.3, 0.4) is 0 Å². The van der Waals surface area contributed by atoms with Crippen molar-refractivity contribution in [2.24, 2.45) is 0 Å². The van der Waals surface area contributed by atoms with E-state index in [0.29, 0.717) is 36.8 Å². The Balaban J connectivity index is 2.82. The number of carbonyl (C=O) groups excluding carboxylic acids is 2. The fourth-order valence-electron chi connectivity index (χ4n) is 1.92. The van der Waals surface area contributed by atoms with Crippen LogP contribution in [0, 0.1) is 0 Å². The minimum atomic E-state index is -0.0712. The van der Waals surface area contributed by atoms with Crippen molar-refractivity contribution in [2.45, 2.75) is 27.7 Å². The fourth-order valence-corrected chi connectivity index (χ4v) is 1.92. The number of amides is 1. The van der Waals surface area contributed by atoms with Crippen molar-refractivity contribution >= 4 is 11.7 Å². The molecule has 5 heteroatoms. The molecule has 0 heterocycles. The van der Waals surface area contributed by atoms with Gasteiger partial charge in [-0.1, -0.05) is 0 Å². The predicted octanol–water partition coefficient (Wildman–Crippen LogP) is 2.54. The lowest BCUT2D eigenvalue weighted by Crippen LogP contribution is -2.34. The van der Waals surface area contributed by atoms with Crippen LogP contribution in [0.2, 0.25) is 0 Å². The summed E-state index contributed by atoms with van der Waals surface area (Å²) in [6.07, 6.45) is 0. The second-order valence-electron chi connectivity index (χ2n) is 4.51. The molecule has 1 amide bonds. The summed E-state index contributed by atoms with van der Waals surface area (Å²) in [4.78, 5) is 25.0. The number of likely N-dealkylation sites (N-methyl/N-ethyl adjacent to an activating group) is 1. The van der Waals surface area contributed by atoms with Crippen LogP contribution < -0.4 is 9.47 Å². The van der Waals surface area contributed by atoms with E-state index in [4.69, 9.17) is 9.47 Å². The Labute approximate surface area is 125 Å². The summed E-state index contributed by atoms with van der Waals surface area (Å²) in [5.74, 6) is 0.847. The summed E-state index contributed by atoms with van der Waals surface area (Å²) >= 11 is 0. The molecule has 0 atom stereocenters. The number of nitrogens with zero attached hydrogens (tertiary/aromatic N) is 1. The number of hydrogen-bond donors (Lipinski definition) is 0. The van der Waals surface area contributed by atoms with E-state index in [1.165, 1.54) is 6.92 Å². The third-order valence-electron chi connectivity index (χ3n) is 3.12. The highest BCUT2D eigenvalue weighted by molar-refractivity contribution is 5.94. The zero-order chi connectivity index (χ0) is 15.8. The van der Waals surface area contributed by atoms with Gasteiger partial charge in [-0.25, -0.2) is 0 Å². The van der Waals surface area contributed by atoms with Gasteiger partial charge in [0.25, 0.3) is 5.91 Å². The average Bonchev–Trinajstić information content (AvgIpc) is 2.47. The molecular weight excluding hydrogens is 270 g/mol. The molecule has 0 aliphatic carbocycles. The molecule has 0 radical (unpaired) electrons. The molecule has 0 fully saturated rings. The van der Waals surface area contributed by atoms with Crippen molar-refractivity contribution in [1.29, 1.82) is 0 Å². The van der Waals surface area contributed by atoms with Gasteiger partial charge in [-0.05, 0) is 45.9 Å². The molecule has 1 rings (SSSR count). The molecule has 5 nitrogen and oxygen atoms in total. The zero-order valence-corrected chi connectivity index (χ0v) is 13.1. The summed E-state index contributed by atoms with van der Waals surface area (Å²) in [6, 6.07) is 4.97. The Bertz CT molecular complexity index is 495. The van der Waals surface area contributed by atoms with Gasteiger partial charge in [0, 0.05) is 18.7 Å². The highest BCUT2D eigenvalue weighted by Crippen LogP contribution is 2.28. The van der Waals surface area contributed by atoms with E-state index in [-0.39, 0.29) is 18.3 Å². The molecule has 0 unspecified atom stereocenters. The minimum Gasteiger partial charge on any atom is -0.490 e. The number of carbonyl (C=O) groups is 2. The first-order chi connectivity index (χ1) is 10.0. The smallest absolute Gasteiger partial charge is 0.260 e. The number of rotatable bonds is 8. The third kappa shape index (κ3) is 4.77. The number of hydrogen-bond acceptors (Lipinski definition) is 4. The second kappa shape index (κ2) is 8.29. The number of benzene rings is 1. The number of ketones is 1. The van der Waals surface area contributed by atoms with Crippen molar-refractivity contribution in [3.05, 3.63) is 23.8 Å². The van der Waals surface area contributed by atoms with Gasteiger partial charge in [0.2, 0.25) is 0 Å². The van der Waals surface area contributed by atoms with Crippen molar-refractivity contribution in [3.63, 3.8) is 0 Å². The lowest BCUT2D eigenvalue weighted by atomic mass is 10.1. The molecule has 0 bridgehead atoms. The highest BCUT2D eigenvalue weighted by Gasteiger charge is 2.13. The van der Waals surface area contributed by atoms with Gasteiger partial charge in [-0.2, -0.15) is 0 Å². The van der Waals surface area contributed by atoms with Crippen LogP contribution in [0.25, 0.3) is 0 Å². The first-order valence-electron chi connectivity index (χ1n) is 7.21. The van der Waals surface area contributed by atoms with E-state index in [1.807, 2.05) is 20.8 Å². The summed E-state index contributed by atoms with van der Waals surface area (Å²) in [7, 11) is 0. The van der Waals surface area contributed by atoms with Crippen molar-refractivity contribution < 1.29 is 19.1 Å². The van der Waals surface area contributed by atoms with Gasteiger partial charge in [0.1, 0.15) is 0 Å². The molecule has 0 saturated carbocycles. The van der Waals surface area contributed by atoms with Gasteiger partial charge in [0.05, 0.1) is 6.61 Å². The predicted molar refractivity (Wildman–Crippen MR) is 81.0 cm³/mol. The maximum atomic E-state index is 11.9. The zero-order valence-electron chi connectivity index (χ0n) is 13.1. The van der Waals surface area contributed by atoms with Crippen molar-refractivity contribution in [3.8, 4) is 11.5 Å². The lowest BCUT2D eigenvalue weighted by Gasteiger charge is -2.19.